The number of halogens is 1. The van der Waals surface area contributed by atoms with Crippen molar-refractivity contribution in [2.75, 3.05) is 11.4 Å². The zero-order valence-corrected chi connectivity index (χ0v) is 14.5. The van der Waals surface area contributed by atoms with Crippen LogP contribution >= 0.6 is 15.9 Å². The Kier molecular flexibility index (Phi) is 5.08. The average molecular weight is 390 g/mol. The van der Waals surface area contributed by atoms with Gasteiger partial charge in [0.05, 0.1) is 12.1 Å². The van der Waals surface area contributed by atoms with E-state index in [9.17, 15) is 14.7 Å². The van der Waals surface area contributed by atoms with Crippen LogP contribution < -0.4 is 10.2 Å². The van der Waals surface area contributed by atoms with E-state index in [1.807, 2.05) is 30.3 Å². The number of aliphatic hydroxyl groups excluding tert-OH is 1. The van der Waals surface area contributed by atoms with Gasteiger partial charge in [0.1, 0.15) is 12.6 Å². The number of rotatable bonds is 5. The van der Waals surface area contributed by atoms with E-state index in [1.165, 1.54) is 4.90 Å². The van der Waals surface area contributed by atoms with E-state index in [2.05, 4.69) is 15.9 Å². The Labute approximate surface area is 148 Å². The van der Waals surface area contributed by atoms with Crippen LogP contribution in [0.3, 0.4) is 0 Å². The number of aliphatic hydroxyl groups is 1. The van der Waals surface area contributed by atoms with E-state index in [-0.39, 0.29) is 18.2 Å². The van der Waals surface area contributed by atoms with Crippen LogP contribution in [0.5, 0.6) is 0 Å². The first-order chi connectivity index (χ1) is 11.6. The van der Waals surface area contributed by atoms with Crippen LogP contribution in [-0.4, -0.2) is 29.5 Å². The summed E-state index contributed by atoms with van der Waals surface area (Å²) in [6.07, 6.45) is -0.521. The minimum Gasteiger partial charge on any atom is -0.382 e. The summed E-state index contributed by atoms with van der Waals surface area (Å²) in [7, 11) is 0. The molecule has 1 heterocycles. The molecule has 1 aliphatic heterocycles. The lowest BCUT2D eigenvalue weighted by atomic mass is 10.1. The van der Waals surface area contributed by atoms with Crippen molar-refractivity contribution < 1.29 is 20.0 Å². The number of nitrogens with two attached hydrogens (primary N) is 1. The van der Waals surface area contributed by atoms with Crippen LogP contribution in [0.2, 0.25) is 0 Å². The normalized spacial score (nSPS) is 18.9. The molecule has 24 heavy (non-hydrogen) atoms. The number of benzene rings is 2. The molecule has 0 aliphatic carbocycles. The number of hydrogen-bond acceptors (Lipinski definition) is 3. The van der Waals surface area contributed by atoms with Crippen molar-refractivity contribution in [1.29, 1.82) is 0 Å². The molecule has 1 saturated heterocycles. The van der Waals surface area contributed by atoms with E-state index in [1.54, 1.807) is 29.6 Å². The Balaban J connectivity index is 1.65. The van der Waals surface area contributed by atoms with Crippen molar-refractivity contribution in [2.45, 2.75) is 18.6 Å². The summed E-state index contributed by atoms with van der Waals surface area (Å²) in [4.78, 5) is 26.0. The highest BCUT2D eigenvalue weighted by atomic mass is 79.9. The number of carbonyl (C=O) groups is 2. The summed E-state index contributed by atoms with van der Waals surface area (Å²) in [5.41, 5.74) is 1.38. The highest BCUT2D eigenvalue weighted by molar-refractivity contribution is 9.10. The van der Waals surface area contributed by atoms with Crippen molar-refractivity contribution in [2.24, 2.45) is 0 Å². The van der Waals surface area contributed by atoms with Gasteiger partial charge in [-0.15, -0.1) is 0 Å². The molecule has 0 radical (unpaired) electrons. The van der Waals surface area contributed by atoms with Gasteiger partial charge in [-0.2, -0.15) is 0 Å². The number of nitrogens with zero attached hydrogens (tertiary/aromatic N) is 1. The zero-order chi connectivity index (χ0) is 17.1. The van der Waals surface area contributed by atoms with Gasteiger partial charge in [-0.05, 0) is 29.8 Å². The smallest absolute Gasteiger partial charge is 0.292 e. The zero-order valence-electron chi connectivity index (χ0n) is 12.9. The molecule has 0 unspecified atom stereocenters. The van der Waals surface area contributed by atoms with Gasteiger partial charge < -0.3 is 10.4 Å². The first-order valence-corrected chi connectivity index (χ1v) is 8.54. The van der Waals surface area contributed by atoms with Crippen LogP contribution in [0, 0.1) is 0 Å². The van der Waals surface area contributed by atoms with E-state index in [0.29, 0.717) is 12.2 Å². The molecule has 1 fully saturated rings. The van der Waals surface area contributed by atoms with Crippen molar-refractivity contribution in [1.82, 2.24) is 0 Å². The predicted octanol–water partition coefficient (Wildman–Crippen LogP) is 1.38. The van der Waals surface area contributed by atoms with Gasteiger partial charge in [0.15, 0.2) is 6.04 Å². The Morgan fingerprint density at radius 2 is 1.79 bits per heavy atom. The standard InChI is InChI=1S/C18H17BrN2O3/c19-13-6-8-14(9-7-13)21-17(23)10-15(18(21)24)20-11-16(22)12-4-2-1-3-5-12/h1-9,15-16,20,22H,10-11H2/p+1/t15-,16-/m0/s1. The molecule has 3 rings (SSSR count). The molecule has 124 valence electrons. The van der Waals surface area contributed by atoms with Gasteiger partial charge in [-0.3, -0.25) is 9.59 Å². The molecule has 6 heteroatoms. The molecule has 1 aliphatic rings. The second-order valence-corrected chi connectivity index (χ2v) is 6.67. The summed E-state index contributed by atoms with van der Waals surface area (Å²) < 4.78 is 0.888. The SMILES string of the molecule is O=C1C[C@H]([NH2+]C[C@H](O)c2ccccc2)C(=O)N1c1ccc(Br)cc1. The Hall–Kier alpha value is -2.02. The third kappa shape index (κ3) is 3.56. The number of hydrogen-bond donors (Lipinski definition) is 2. The molecule has 2 amide bonds. The minimum absolute atomic E-state index is 0.149. The fraction of sp³-hybridized carbons (Fsp3) is 0.222. The summed E-state index contributed by atoms with van der Waals surface area (Å²) in [5, 5.41) is 11.9. The Morgan fingerprint density at radius 1 is 1.12 bits per heavy atom. The molecule has 0 saturated carbocycles. The lowest BCUT2D eigenvalue weighted by molar-refractivity contribution is -0.681. The van der Waals surface area contributed by atoms with Crippen LogP contribution in [0.4, 0.5) is 5.69 Å². The number of anilines is 1. The topological polar surface area (TPSA) is 74.2 Å². The van der Waals surface area contributed by atoms with Gasteiger partial charge >= 0.3 is 0 Å². The fourth-order valence-electron chi connectivity index (χ4n) is 2.81. The van der Waals surface area contributed by atoms with Crippen molar-refractivity contribution in [3.8, 4) is 0 Å². The Morgan fingerprint density at radius 3 is 2.46 bits per heavy atom. The van der Waals surface area contributed by atoms with Gasteiger partial charge in [-0.25, -0.2) is 4.90 Å². The molecule has 0 aromatic heterocycles. The number of quaternary nitrogens is 1. The minimum atomic E-state index is -0.671. The van der Waals surface area contributed by atoms with Crippen LogP contribution in [0.1, 0.15) is 18.1 Å². The molecule has 5 nitrogen and oxygen atoms in total. The van der Waals surface area contributed by atoms with E-state index in [0.717, 1.165) is 10.0 Å². The van der Waals surface area contributed by atoms with Gasteiger partial charge in [0, 0.05) is 4.47 Å². The van der Waals surface area contributed by atoms with Crippen LogP contribution in [0.15, 0.2) is 59.1 Å². The van der Waals surface area contributed by atoms with E-state index in [4.69, 9.17) is 0 Å². The van der Waals surface area contributed by atoms with Crippen molar-refractivity contribution >= 4 is 33.4 Å². The average Bonchev–Trinajstić information content (AvgIpc) is 2.88. The third-order valence-corrected chi connectivity index (χ3v) is 4.62. The number of imide groups is 1. The highest BCUT2D eigenvalue weighted by Crippen LogP contribution is 2.23. The lowest BCUT2D eigenvalue weighted by Gasteiger charge is -2.15. The molecule has 3 N–H and O–H groups in total. The first kappa shape index (κ1) is 16.8. The van der Waals surface area contributed by atoms with E-state index < -0.39 is 12.1 Å². The third-order valence-electron chi connectivity index (χ3n) is 4.09. The predicted molar refractivity (Wildman–Crippen MR) is 93.2 cm³/mol. The fourth-order valence-corrected chi connectivity index (χ4v) is 3.07. The Bertz CT molecular complexity index is 734. The number of amides is 2. The molecule has 2 aromatic carbocycles. The van der Waals surface area contributed by atoms with Gasteiger partial charge in [0.2, 0.25) is 5.91 Å². The lowest BCUT2D eigenvalue weighted by Crippen LogP contribution is -2.92. The maximum absolute atomic E-state index is 12.5. The molecule has 0 bridgehead atoms. The van der Waals surface area contributed by atoms with Crippen molar-refractivity contribution in [3.63, 3.8) is 0 Å². The summed E-state index contributed by atoms with van der Waals surface area (Å²) in [6, 6.07) is 15.9. The molecule has 2 aromatic rings. The summed E-state index contributed by atoms with van der Waals surface area (Å²) >= 11 is 3.34. The molecular formula is C18H18BrN2O3+. The van der Waals surface area contributed by atoms with Gasteiger partial charge in [0.25, 0.3) is 5.91 Å². The van der Waals surface area contributed by atoms with E-state index >= 15 is 0 Å². The van der Waals surface area contributed by atoms with Gasteiger partial charge in [-0.1, -0.05) is 46.3 Å². The molecule has 0 spiro atoms. The highest BCUT2D eigenvalue weighted by Gasteiger charge is 2.42. The van der Waals surface area contributed by atoms with Crippen LogP contribution in [-0.2, 0) is 9.59 Å². The maximum atomic E-state index is 12.5. The summed E-state index contributed by atoms with van der Waals surface area (Å²) in [5.74, 6) is -0.444. The van der Waals surface area contributed by atoms with Crippen LogP contribution in [0.25, 0.3) is 0 Å². The second kappa shape index (κ2) is 7.25. The number of carbonyl (C=O) groups excluding carboxylic acids is 2. The summed E-state index contributed by atoms with van der Waals surface area (Å²) in [6.45, 7) is 0.335. The largest absolute Gasteiger partial charge is 0.382 e. The second-order valence-electron chi connectivity index (χ2n) is 5.75. The molecular weight excluding hydrogens is 372 g/mol. The molecule has 2 atom stereocenters. The first-order valence-electron chi connectivity index (χ1n) is 7.75. The monoisotopic (exact) mass is 389 g/mol. The maximum Gasteiger partial charge on any atom is 0.292 e. The van der Waals surface area contributed by atoms with Crippen molar-refractivity contribution in [3.05, 3.63) is 64.6 Å². The quantitative estimate of drug-likeness (QED) is 0.758.